The number of benzene rings is 2. The number of carbonyl (C=O) groups excluding carboxylic acids is 1. The highest BCUT2D eigenvalue weighted by atomic mass is 35.5. The van der Waals surface area contributed by atoms with Crippen molar-refractivity contribution in [2.24, 2.45) is 0 Å². The number of nitrogens with one attached hydrogen (secondary N) is 1. The van der Waals surface area contributed by atoms with E-state index in [2.05, 4.69) is 12.2 Å². The summed E-state index contributed by atoms with van der Waals surface area (Å²) in [6.45, 7) is 2.06. The Balaban J connectivity index is 2.28. The molecule has 0 saturated heterocycles. The third-order valence-corrected chi connectivity index (χ3v) is 3.98. The van der Waals surface area contributed by atoms with Crippen molar-refractivity contribution in [3.8, 4) is 0 Å². The molecule has 0 heterocycles. The van der Waals surface area contributed by atoms with E-state index in [0.717, 1.165) is 16.3 Å². The van der Waals surface area contributed by atoms with Gasteiger partial charge in [0.05, 0.1) is 16.3 Å². The van der Waals surface area contributed by atoms with Gasteiger partial charge in [0.25, 0.3) is 5.91 Å². The van der Waals surface area contributed by atoms with E-state index in [9.17, 15) is 4.79 Å². The van der Waals surface area contributed by atoms with Gasteiger partial charge in [0.15, 0.2) is 0 Å². The number of nitrogen functional groups attached to an aromatic ring is 1. The molecule has 0 radical (unpaired) electrons. The zero-order chi connectivity index (χ0) is 14.5. The van der Waals surface area contributed by atoms with E-state index in [1.54, 1.807) is 30.0 Å². The number of para-hydroxylation sites is 1. The second-order valence-corrected chi connectivity index (χ2v) is 5.80. The highest BCUT2D eigenvalue weighted by molar-refractivity contribution is 7.99. The van der Waals surface area contributed by atoms with E-state index >= 15 is 0 Å². The molecule has 3 nitrogen and oxygen atoms in total. The van der Waals surface area contributed by atoms with Gasteiger partial charge >= 0.3 is 0 Å². The molecule has 0 atom stereocenters. The molecule has 2 rings (SSSR count). The minimum atomic E-state index is -0.294. The van der Waals surface area contributed by atoms with Crippen LogP contribution in [0.5, 0.6) is 0 Å². The van der Waals surface area contributed by atoms with Gasteiger partial charge in [0, 0.05) is 10.6 Å². The van der Waals surface area contributed by atoms with Crippen LogP contribution < -0.4 is 11.1 Å². The SMILES string of the molecule is CCSc1ccccc1NC(=O)c1c(N)cccc1Cl. The van der Waals surface area contributed by atoms with Crippen molar-refractivity contribution in [1.82, 2.24) is 0 Å². The van der Waals surface area contributed by atoms with Crippen molar-refractivity contribution >= 4 is 40.6 Å². The Morgan fingerprint density at radius 2 is 2.00 bits per heavy atom. The number of hydrogen-bond donors (Lipinski definition) is 2. The van der Waals surface area contributed by atoms with Crippen molar-refractivity contribution in [2.75, 3.05) is 16.8 Å². The smallest absolute Gasteiger partial charge is 0.259 e. The summed E-state index contributed by atoms with van der Waals surface area (Å²) in [7, 11) is 0. The van der Waals surface area contributed by atoms with Crippen LogP contribution in [0.1, 0.15) is 17.3 Å². The van der Waals surface area contributed by atoms with E-state index in [-0.39, 0.29) is 5.91 Å². The molecule has 104 valence electrons. The number of nitrogens with two attached hydrogens (primary N) is 1. The molecule has 20 heavy (non-hydrogen) atoms. The molecular weight excluding hydrogens is 292 g/mol. The van der Waals surface area contributed by atoms with E-state index in [1.165, 1.54) is 0 Å². The van der Waals surface area contributed by atoms with Crippen LogP contribution in [0.3, 0.4) is 0 Å². The fraction of sp³-hybridized carbons (Fsp3) is 0.133. The number of carbonyl (C=O) groups is 1. The van der Waals surface area contributed by atoms with Crippen molar-refractivity contribution < 1.29 is 4.79 Å². The number of halogens is 1. The Morgan fingerprint density at radius 3 is 2.70 bits per heavy atom. The Hall–Kier alpha value is -1.65. The normalized spacial score (nSPS) is 10.3. The van der Waals surface area contributed by atoms with E-state index in [1.807, 2.05) is 24.3 Å². The summed E-state index contributed by atoms with van der Waals surface area (Å²) in [6, 6.07) is 12.7. The highest BCUT2D eigenvalue weighted by Crippen LogP contribution is 2.28. The minimum Gasteiger partial charge on any atom is -0.398 e. The van der Waals surface area contributed by atoms with Crippen LogP contribution in [0.2, 0.25) is 5.02 Å². The maximum atomic E-state index is 12.3. The van der Waals surface area contributed by atoms with E-state index in [0.29, 0.717) is 16.3 Å². The molecule has 0 aromatic heterocycles. The van der Waals surface area contributed by atoms with Gasteiger partial charge in [-0.2, -0.15) is 0 Å². The van der Waals surface area contributed by atoms with Crippen molar-refractivity contribution in [1.29, 1.82) is 0 Å². The second kappa shape index (κ2) is 6.68. The lowest BCUT2D eigenvalue weighted by molar-refractivity contribution is 0.102. The first-order valence-corrected chi connectivity index (χ1v) is 7.57. The first-order chi connectivity index (χ1) is 9.63. The summed E-state index contributed by atoms with van der Waals surface area (Å²) >= 11 is 7.71. The molecule has 0 aliphatic heterocycles. The van der Waals surface area contributed by atoms with Crippen molar-refractivity contribution in [3.63, 3.8) is 0 Å². The summed E-state index contributed by atoms with van der Waals surface area (Å²) in [5.41, 5.74) is 7.27. The zero-order valence-corrected chi connectivity index (χ0v) is 12.6. The van der Waals surface area contributed by atoms with Crippen molar-refractivity contribution in [2.45, 2.75) is 11.8 Å². The topological polar surface area (TPSA) is 55.1 Å². The van der Waals surface area contributed by atoms with Crippen molar-refractivity contribution in [3.05, 3.63) is 53.1 Å². The molecule has 0 aliphatic rings. The van der Waals surface area contributed by atoms with E-state index in [4.69, 9.17) is 17.3 Å². The summed E-state index contributed by atoms with van der Waals surface area (Å²) in [5, 5.41) is 3.22. The molecule has 1 amide bonds. The largest absolute Gasteiger partial charge is 0.398 e. The minimum absolute atomic E-state index is 0.294. The summed E-state index contributed by atoms with van der Waals surface area (Å²) in [6.07, 6.45) is 0. The molecule has 2 aromatic carbocycles. The molecule has 0 bridgehead atoms. The Morgan fingerprint density at radius 1 is 1.25 bits per heavy atom. The van der Waals surface area contributed by atoms with Crippen LogP contribution in [0.4, 0.5) is 11.4 Å². The maximum Gasteiger partial charge on any atom is 0.259 e. The lowest BCUT2D eigenvalue weighted by Gasteiger charge is -2.12. The third-order valence-electron chi connectivity index (χ3n) is 2.71. The quantitative estimate of drug-likeness (QED) is 0.654. The van der Waals surface area contributed by atoms with Gasteiger partial charge in [0.2, 0.25) is 0 Å². The average Bonchev–Trinajstić information content (AvgIpc) is 2.41. The summed E-state index contributed by atoms with van der Waals surface area (Å²) < 4.78 is 0. The monoisotopic (exact) mass is 306 g/mol. The first-order valence-electron chi connectivity index (χ1n) is 6.20. The van der Waals surface area contributed by atoms with Crippen LogP contribution in [0.25, 0.3) is 0 Å². The molecule has 0 fully saturated rings. The Bertz CT molecular complexity index is 611. The van der Waals surface area contributed by atoms with Crippen LogP contribution in [-0.4, -0.2) is 11.7 Å². The van der Waals surface area contributed by atoms with Gasteiger partial charge in [-0.3, -0.25) is 4.79 Å². The number of rotatable bonds is 4. The number of amides is 1. The van der Waals surface area contributed by atoms with Gasteiger partial charge in [-0.05, 0) is 30.0 Å². The molecule has 2 aromatic rings. The molecule has 0 spiro atoms. The molecule has 5 heteroatoms. The predicted octanol–water partition coefficient (Wildman–Crippen LogP) is 4.29. The second-order valence-electron chi connectivity index (χ2n) is 4.09. The number of hydrogen-bond acceptors (Lipinski definition) is 3. The average molecular weight is 307 g/mol. The summed E-state index contributed by atoms with van der Waals surface area (Å²) in [4.78, 5) is 13.3. The fourth-order valence-corrected chi connectivity index (χ4v) is 2.84. The number of thioether (sulfide) groups is 1. The fourth-order valence-electron chi connectivity index (χ4n) is 1.82. The highest BCUT2D eigenvalue weighted by Gasteiger charge is 2.15. The first kappa shape index (κ1) is 14.8. The predicted molar refractivity (Wildman–Crippen MR) is 86.7 cm³/mol. The standard InChI is InChI=1S/C15H15ClN2OS/c1-2-20-13-9-4-3-8-12(13)18-15(19)14-10(16)6-5-7-11(14)17/h3-9H,2,17H2,1H3,(H,18,19). The molecule has 0 unspecified atom stereocenters. The van der Waals surface area contributed by atoms with Gasteiger partial charge < -0.3 is 11.1 Å². The molecular formula is C15H15ClN2OS. The van der Waals surface area contributed by atoms with Gasteiger partial charge in [-0.25, -0.2) is 0 Å². The third kappa shape index (κ3) is 3.26. The Labute approximate surface area is 127 Å². The van der Waals surface area contributed by atoms with Crippen LogP contribution >= 0.6 is 23.4 Å². The maximum absolute atomic E-state index is 12.3. The van der Waals surface area contributed by atoms with Gasteiger partial charge in [-0.1, -0.05) is 36.7 Å². The molecule has 3 N–H and O–H groups in total. The number of anilines is 2. The van der Waals surface area contributed by atoms with E-state index < -0.39 is 0 Å². The van der Waals surface area contributed by atoms with Crippen LogP contribution in [0, 0.1) is 0 Å². The molecule has 0 aliphatic carbocycles. The Kier molecular flexibility index (Phi) is 4.93. The molecule has 0 saturated carbocycles. The summed E-state index contributed by atoms with van der Waals surface area (Å²) in [5.74, 6) is 0.637. The van der Waals surface area contributed by atoms with Crippen LogP contribution in [0.15, 0.2) is 47.4 Å². The lowest BCUT2D eigenvalue weighted by atomic mass is 10.1. The lowest BCUT2D eigenvalue weighted by Crippen LogP contribution is -2.15. The zero-order valence-electron chi connectivity index (χ0n) is 11.0. The van der Waals surface area contributed by atoms with Crippen LogP contribution in [-0.2, 0) is 0 Å². The van der Waals surface area contributed by atoms with Gasteiger partial charge in [-0.15, -0.1) is 11.8 Å². The van der Waals surface area contributed by atoms with Gasteiger partial charge in [0.1, 0.15) is 0 Å².